The molecular formula is C12H16BrN3O. The fraction of sp³-hybridized carbons (Fsp3) is 0.417. The maximum absolute atomic E-state index is 5.17. The number of nitrogens with zero attached hydrogens (tertiary/aromatic N) is 2. The van der Waals surface area contributed by atoms with Crippen molar-refractivity contribution in [3.63, 3.8) is 0 Å². The molecule has 4 nitrogen and oxygen atoms in total. The maximum atomic E-state index is 5.17. The van der Waals surface area contributed by atoms with Crippen LogP contribution in [0.25, 0.3) is 0 Å². The number of nitrogens with one attached hydrogen (secondary N) is 1. The lowest BCUT2D eigenvalue weighted by Gasteiger charge is -2.18. The summed E-state index contributed by atoms with van der Waals surface area (Å²) in [5.41, 5.74) is 2.25. The van der Waals surface area contributed by atoms with Crippen LogP contribution in [0.5, 0.6) is 0 Å². The summed E-state index contributed by atoms with van der Waals surface area (Å²) in [6.45, 7) is 5.91. The lowest BCUT2D eigenvalue weighted by atomic mass is 10.1. The molecule has 0 aliphatic carbocycles. The smallest absolute Gasteiger partial charge is 0.0954 e. The second-order valence-electron chi connectivity index (χ2n) is 3.74. The first-order chi connectivity index (χ1) is 8.27. The zero-order valence-corrected chi connectivity index (χ0v) is 11.6. The summed E-state index contributed by atoms with van der Waals surface area (Å²) in [7, 11) is 0. The van der Waals surface area contributed by atoms with Crippen molar-refractivity contribution in [3.05, 3.63) is 40.5 Å². The quantitative estimate of drug-likeness (QED) is 0.923. The van der Waals surface area contributed by atoms with Crippen LogP contribution in [-0.2, 0) is 6.54 Å². The maximum Gasteiger partial charge on any atom is 0.0954 e. The second kappa shape index (κ2) is 5.51. The summed E-state index contributed by atoms with van der Waals surface area (Å²) in [5.74, 6) is 0. The van der Waals surface area contributed by atoms with E-state index in [1.165, 1.54) is 0 Å². The van der Waals surface area contributed by atoms with Gasteiger partial charge in [-0.1, -0.05) is 6.92 Å². The van der Waals surface area contributed by atoms with E-state index >= 15 is 0 Å². The average Bonchev–Trinajstić information content (AvgIpc) is 2.95. The van der Waals surface area contributed by atoms with E-state index in [4.69, 9.17) is 4.42 Å². The number of rotatable bonds is 5. The molecule has 0 saturated carbocycles. The SMILES string of the molecule is CCNC(c1ccoc1)c1c(Br)cnn1CC. The predicted molar refractivity (Wildman–Crippen MR) is 69.8 cm³/mol. The van der Waals surface area contributed by atoms with Crippen LogP contribution in [0.1, 0.15) is 31.1 Å². The largest absolute Gasteiger partial charge is 0.472 e. The molecule has 1 N–H and O–H groups in total. The molecule has 0 aliphatic rings. The normalized spacial score (nSPS) is 12.9. The van der Waals surface area contributed by atoms with Crippen LogP contribution in [0, 0.1) is 0 Å². The Balaban J connectivity index is 2.42. The van der Waals surface area contributed by atoms with Crippen LogP contribution in [0.3, 0.4) is 0 Å². The first kappa shape index (κ1) is 12.4. The van der Waals surface area contributed by atoms with Crippen LogP contribution >= 0.6 is 15.9 Å². The topological polar surface area (TPSA) is 43.0 Å². The van der Waals surface area contributed by atoms with Crippen molar-refractivity contribution < 1.29 is 4.42 Å². The minimum Gasteiger partial charge on any atom is -0.472 e. The third-order valence-corrected chi connectivity index (χ3v) is 3.30. The number of aryl methyl sites for hydroxylation is 1. The third kappa shape index (κ3) is 2.45. The van der Waals surface area contributed by atoms with Crippen LogP contribution in [0.4, 0.5) is 0 Å². The number of hydrogen-bond donors (Lipinski definition) is 1. The molecule has 2 aromatic heterocycles. The highest BCUT2D eigenvalue weighted by Crippen LogP contribution is 2.28. The molecule has 0 radical (unpaired) electrons. The molecule has 17 heavy (non-hydrogen) atoms. The molecule has 1 unspecified atom stereocenters. The van der Waals surface area contributed by atoms with Gasteiger partial charge in [0.2, 0.25) is 0 Å². The van der Waals surface area contributed by atoms with Gasteiger partial charge in [-0.15, -0.1) is 0 Å². The predicted octanol–water partition coefficient (Wildman–Crippen LogP) is 2.96. The Morgan fingerprint density at radius 1 is 1.53 bits per heavy atom. The summed E-state index contributed by atoms with van der Waals surface area (Å²) in [6.07, 6.45) is 5.30. The molecule has 0 aliphatic heterocycles. The minimum atomic E-state index is 0.107. The summed E-state index contributed by atoms with van der Waals surface area (Å²) >= 11 is 3.56. The summed E-state index contributed by atoms with van der Waals surface area (Å²) in [5, 5.41) is 7.80. The van der Waals surface area contributed by atoms with Crippen LogP contribution in [-0.4, -0.2) is 16.3 Å². The van der Waals surface area contributed by atoms with Gasteiger partial charge in [0.25, 0.3) is 0 Å². The van der Waals surface area contributed by atoms with E-state index in [1.807, 2.05) is 16.9 Å². The Hall–Kier alpha value is -1.07. The molecule has 5 heteroatoms. The lowest BCUT2D eigenvalue weighted by Crippen LogP contribution is -2.24. The Morgan fingerprint density at radius 2 is 2.35 bits per heavy atom. The first-order valence-corrected chi connectivity index (χ1v) is 6.53. The van der Waals surface area contributed by atoms with Crippen LogP contribution < -0.4 is 5.32 Å². The van der Waals surface area contributed by atoms with Crippen LogP contribution in [0.2, 0.25) is 0 Å². The van der Waals surface area contributed by atoms with Crippen molar-refractivity contribution in [1.29, 1.82) is 0 Å². The Kier molecular flexibility index (Phi) is 4.02. The minimum absolute atomic E-state index is 0.107. The summed E-state index contributed by atoms with van der Waals surface area (Å²) in [4.78, 5) is 0. The molecule has 0 spiro atoms. The molecule has 2 aromatic rings. The van der Waals surface area contributed by atoms with E-state index in [0.29, 0.717) is 0 Å². The molecule has 2 rings (SSSR count). The average molecular weight is 298 g/mol. The van der Waals surface area contributed by atoms with E-state index in [-0.39, 0.29) is 6.04 Å². The van der Waals surface area contributed by atoms with E-state index in [0.717, 1.165) is 28.8 Å². The molecule has 0 aromatic carbocycles. The number of furan rings is 1. The molecule has 0 fully saturated rings. The first-order valence-electron chi connectivity index (χ1n) is 5.74. The van der Waals surface area contributed by atoms with Gasteiger partial charge in [0.15, 0.2) is 0 Å². The highest BCUT2D eigenvalue weighted by molar-refractivity contribution is 9.10. The van der Waals surface area contributed by atoms with Crippen molar-refractivity contribution in [2.75, 3.05) is 6.54 Å². The molecule has 92 valence electrons. The molecule has 1 atom stereocenters. The fourth-order valence-corrected chi connectivity index (χ4v) is 2.45. The van der Waals surface area contributed by atoms with Gasteiger partial charge in [-0.2, -0.15) is 5.10 Å². The number of halogens is 1. The van der Waals surface area contributed by atoms with Crippen LogP contribution in [0.15, 0.2) is 33.7 Å². The Labute approximate surface area is 109 Å². The van der Waals surface area contributed by atoms with Gasteiger partial charge in [0.05, 0.1) is 34.9 Å². The van der Waals surface area contributed by atoms with Gasteiger partial charge < -0.3 is 9.73 Å². The number of aromatic nitrogens is 2. The van der Waals surface area contributed by atoms with Crippen molar-refractivity contribution >= 4 is 15.9 Å². The van der Waals surface area contributed by atoms with E-state index < -0.39 is 0 Å². The molecule has 2 heterocycles. The molecular weight excluding hydrogens is 282 g/mol. The molecule has 0 bridgehead atoms. The Bertz CT molecular complexity index is 464. The molecule has 0 amide bonds. The van der Waals surface area contributed by atoms with Gasteiger partial charge in [-0.05, 0) is 35.5 Å². The fourth-order valence-electron chi connectivity index (χ4n) is 1.93. The lowest BCUT2D eigenvalue weighted by molar-refractivity contribution is 0.525. The van der Waals surface area contributed by atoms with E-state index in [2.05, 4.69) is 40.2 Å². The van der Waals surface area contributed by atoms with Gasteiger partial charge in [-0.3, -0.25) is 4.68 Å². The van der Waals surface area contributed by atoms with E-state index in [9.17, 15) is 0 Å². The van der Waals surface area contributed by atoms with Gasteiger partial charge in [0.1, 0.15) is 0 Å². The standard InChI is InChI=1S/C12H16BrN3O/c1-3-14-11(9-5-6-17-8-9)12-10(13)7-15-16(12)4-2/h5-8,11,14H,3-4H2,1-2H3. The van der Waals surface area contributed by atoms with Crippen molar-refractivity contribution in [2.24, 2.45) is 0 Å². The monoisotopic (exact) mass is 297 g/mol. The zero-order valence-electron chi connectivity index (χ0n) is 9.98. The third-order valence-electron chi connectivity index (χ3n) is 2.69. The molecule has 0 saturated heterocycles. The van der Waals surface area contributed by atoms with Crippen molar-refractivity contribution in [3.8, 4) is 0 Å². The van der Waals surface area contributed by atoms with Gasteiger partial charge in [-0.25, -0.2) is 0 Å². The van der Waals surface area contributed by atoms with Crippen molar-refractivity contribution in [2.45, 2.75) is 26.4 Å². The highest BCUT2D eigenvalue weighted by Gasteiger charge is 2.21. The highest BCUT2D eigenvalue weighted by atomic mass is 79.9. The summed E-state index contributed by atoms with van der Waals surface area (Å²) in [6, 6.07) is 2.09. The second-order valence-corrected chi connectivity index (χ2v) is 4.60. The van der Waals surface area contributed by atoms with Gasteiger partial charge >= 0.3 is 0 Å². The van der Waals surface area contributed by atoms with Gasteiger partial charge in [0, 0.05) is 12.1 Å². The van der Waals surface area contributed by atoms with E-state index in [1.54, 1.807) is 12.5 Å². The summed E-state index contributed by atoms with van der Waals surface area (Å²) < 4.78 is 8.18. The Morgan fingerprint density at radius 3 is 2.94 bits per heavy atom. The van der Waals surface area contributed by atoms with Crippen molar-refractivity contribution in [1.82, 2.24) is 15.1 Å². The number of hydrogen-bond acceptors (Lipinski definition) is 3. The zero-order chi connectivity index (χ0) is 12.3.